The molecular weight excluding hydrogens is 204 g/mol. The van der Waals surface area contributed by atoms with E-state index in [4.69, 9.17) is 5.73 Å². The lowest BCUT2D eigenvalue weighted by atomic mass is 10.0. The summed E-state index contributed by atoms with van der Waals surface area (Å²) in [6, 6.07) is -0.166. The molecule has 0 spiro atoms. The molecule has 0 bridgehead atoms. The van der Waals surface area contributed by atoms with Crippen molar-refractivity contribution in [1.82, 2.24) is 15.6 Å². The van der Waals surface area contributed by atoms with Gasteiger partial charge in [0, 0.05) is 19.6 Å². The number of hydrazine groups is 2. The maximum absolute atomic E-state index is 11.1. The van der Waals surface area contributed by atoms with Crippen LogP contribution in [0.2, 0.25) is 0 Å². The first-order valence-electron chi connectivity index (χ1n) is 6.32. The first-order valence-corrected chi connectivity index (χ1v) is 6.32. The highest BCUT2D eigenvalue weighted by Crippen LogP contribution is 2.38. The van der Waals surface area contributed by atoms with Crippen LogP contribution >= 0.6 is 0 Å². The molecule has 5 heteroatoms. The first kappa shape index (κ1) is 10.5. The van der Waals surface area contributed by atoms with Crippen molar-refractivity contribution in [1.29, 1.82) is 0 Å². The van der Waals surface area contributed by atoms with E-state index in [1.807, 2.05) is 0 Å². The van der Waals surface area contributed by atoms with Crippen LogP contribution in [0.4, 0.5) is 0 Å². The zero-order valence-electron chi connectivity index (χ0n) is 9.56. The van der Waals surface area contributed by atoms with Gasteiger partial charge in [-0.15, -0.1) is 0 Å². The number of hydrogen-bond acceptors (Lipinski definition) is 4. The van der Waals surface area contributed by atoms with Gasteiger partial charge in [-0.2, -0.15) is 5.12 Å². The van der Waals surface area contributed by atoms with Gasteiger partial charge >= 0.3 is 0 Å². The van der Waals surface area contributed by atoms with Gasteiger partial charge in [0.15, 0.2) is 0 Å². The van der Waals surface area contributed by atoms with Crippen molar-refractivity contribution in [2.75, 3.05) is 19.6 Å². The molecule has 1 saturated carbocycles. The summed E-state index contributed by atoms with van der Waals surface area (Å²) < 4.78 is 0. The molecule has 3 N–H and O–H groups in total. The Morgan fingerprint density at radius 1 is 1.19 bits per heavy atom. The van der Waals surface area contributed by atoms with Crippen LogP contribution in [-0.2, 0) is 4.79 Å². The lowest BCUT2D eigenvalue weighted by Gasteiger charge is -2.28. The van der Waals surface area contributed by atoms with Crippen molar-refractivity contribution < 1.29 is 4.79 Å². The molecule has 2 aliphatic heterocycles. The highest BCUT2D eigenvalue weighted by Gasteiger charge is 2.40. The molecule has 3 rings (SSSR count). The van der Waals surface area contributed by atoms with Crippen LogP contribution in [0.3, 0.4) is 0 Å². The summed E-state index contributed by atoms with van der Waals surface area (Å²) >= 11 is 0. The summed E-state index contributed by atoms with van der Waals surface area (Å²) in [7, 11) is 0. The van der Waals surface area contributed by atoms with E-state index in [1.165, 1.54) is 19.3 Å². The second-order valence-electron chi connectivity index (χ2n) is 5.32. The molecule has 16 heavy (non-hydrogen) atoms. The fourth-order valence-electron chi connectivity index (χ4n) is 3.40. The lowest BCUT2D eigenvalue weighted by molar-refractivity contribution is -0.121. The number of fused-ring (bicyclic) bond motifs is 1. The zero-order valence-corrected chi connectivity index (χ0v) is 9.56. The lowest BCUT2D eigenvalue weighted by Crippen LogP contribution is -2.50. The van der Waals surface area contributed by atoms with E-state index >= 15 is 0 Å². The molecule has 1 aliphatic carbocycles. The van der Waals surface area contributed by atoms with Crippen LogP contribution in [0.15, 0.2) is 0 Å². The summed E-state index contributed by atoms with van der Waals surface area (Å²) in [5.74, 6) is 1.53. The van der Waals surface area contributed by atoms with Crippen molar-refractivity contribution >= 4 is 5.91 Å². The third-order valence-electron chi connectivity index (χ3n) is 4.33. The second kappa shape index (κ2) is 3.98. The molecule has 2 saturated heterocycles. The Morgan fingerprint density at radius 2 is 1.88 bits per heavy atom. The van der Waals surface area contributed by atoms with E-state index in [-0.39, 0.29) is 11.9 Å². The van der Waals surface area contributed by atoms with Crippen LogP contribution < -0.4 is 11.2 Å². The van der Waals surface area contributed by atoms with Gasteiger partial charge in [0.2, 0.25) is 5.91 Å². The minimum Gasteiger partial charge on any atom is -0.368 e. The topological polar surface area (TPSA) is 61.6 Å². The van der Waals surface area contributed by atoms with Crippen LogP contribution in [-0.4, -0.2) is 41.7 Å². The monoisotopic (exact) mass is 224 g/mol. The van der Waals surface area contributed by atoms with E-state index in [0.29, 0.717) is 0 Å². The van der Waals surface area contributed by atoms with Gasteiger partial charge in [-0.25, -0.2) is 10.4 Å². The molecule has 3 unspecified atom stereocenters. The Hall–Kier alpha value is -0.650. The molecular formula is C11H20N4O. The van der Waals surface area contributed by atoms with Gasteiger partial charge in [0.1, 0.15) is 6.04 Å². The number of carbonyl (C=O) groups is 1. The minimum absolute atomic E-state index is 0.166. The highest BCUT2D eigenvalue weighted by atomic mass is 16.1. The number of nitrogens with zero attached hydrogens (tertiary/aromatic N) is 2. The van der Waals surface area contributed by atoms with E-state index in [2.05, 4.69) is 15.6 Å². The molecule has 90 valence electrons. The number of hydrogen-bond donors (Lipinski definition) is 2. The van der Waals surface area contributed by atoms with E-state index in [1.54, 1.807) is 0 Å². The maximum Gasteiger partial charge on any atom is 0.236 e. The van der Waals surface area contributed by atoms with E-state index in [9.17, 15) is 4.79 Å². The van der Waals surface area contributed by atoms with Crippen LogP contribution in [0.1, 0.15) is 25.7 Å². The largest absolute Gasteiger partial charge is 0.368 e. The predicted molar refractivity (Wildman–Crippen MR) is 59.8 cm³/mol. The van der Waals surface area contributed by atoms with E-state index in [0.717, 1.165) is 37.9 Å². The maximum atomic E-state index is 11.1. The smallest absolute Gasteiger partial charge is 0.236 e. The van der Waals surface area contributed by atoms with Crippen molar-refractivity contribution in [2.24, 2.45) is 17.6 Å². The Morgan fingerprint density at radius 3 is 2.44 bits per heavy atom. The Kier molecular flexibility index (Phi) is 2.61. The number of nitrogens with one attached hydrogen (secondary N) is 1. The quantitative estimate of drug-likeness (QED) is 0.676. The van der Waals surface area contributed by atoms with Gasteiger partial charge in [0.05, 0.1) is 0 Å². The Balaban J connectivity index is 1.58. The molecule has 0 aromatic carbocycles. The fourth-order valence-corrected chi connectivity index (χ4v) is 3.40. The molecule has 3 atom stereocenters. The summed E-state index contributed by atoms with van der Waals surface area (Å²) in [6.07, 6.45) is 5.00. The molecule has 0 aromatic heterocycles. The number of nitrogens with two attached hydrogens (primary N) is 1. The molecule has 0 aromatic rings. The van der Waals surface area contributed by atoms with Crippen molar-refractivity contribution in [3.05, 3.63) is 0 Å². The first-order chi connectivity index (χ1) is 7.74. The molecule has 0 radical (unpaired) electrons. The van der Waals surface area contributed by atoms with Crippen LogP contribution in [0.25, 0.3) is 0 Å². The predicted octanol–water partition coefficient (Wildman–Crippen LogP) is -0.302. The van der Waals surface area contributed by atoms with Crippen LogP contribution in [0.5, 0.6) is 0 Å². The van der Waals surface area contributed by atoms with Gasteiger partial charge < -0.3 is 5.73 Å². The van der Waals surface area contributed by atoms with Crippen molar-refractivity contribution in [3.8, 4) is 0 Å². The molecule has 3 aliphatic rings. The van der Waals surface area contributed by atoms with Gasteiger partial charge in [-0.05, 0) is 31.1 Å². The fraction of sp³-hybridized carbons (Fsp3) is 0.909. The number of primary amides is 1. The third kappa shape index (κ3) is 1.73. The summed E-state index contributed by atoms with van der Waals surface area (Å²) in [5.41, 5.74) is 8.51. The van der Waals surface area contributed by atoms with Crippen LogP contribution in [0, 0.1) is 11.8 Å². The number of rotatable bonds is 2. The SMILES string of the molecule is NC(=O)C1CCN(N2CC3CCCC3C2)N1. The van der Waals surface area contributed by atoms with Gasteiger partial charge in [0.25, 0.3) is 0 Å². The van der Waals surface area contributed by atoms with Gasteiger partial charge in [-0.3, -0.25) is 4.79 Å². The minimum atomic E-state index is -0.234. The normalized spacial score (nSPS) is 40.4. The third-order valence-corrected chi connectivity index (χ3v) is 4.33. The highest BCUT2D eigenvalue weighted by molar-refractivity contribution is 5.79. The average Bonchev–Trinajstić information content (AvgIpc) is 2.91. The van der Waals surface area contributed by atoms with Crippen molar-refractivity contribution in [2.45, 2.75) is 31.7 Å². The van der Waals surface area contributed by atoms with Crippen molar-refractivity contribution in [3.63, 3.8) is 0 Å². The summed E-state index contributed by atoms with van der Waals surface area (Å²) in [4.78, 5) is 11.1. The standard InChI is InChI=1S/C11H20N4O/c12-11(16)10-4-5-15(13-10)14-6-8-2-1-3-9(8)7-14/h8-10,13H,1-7H2,(H2,12,16). The van der Waals surface area contributed by atoms with Gasteiger partial charge in [-0.1, -0.05) is 6.42 Å². The Labute approximate surface area is 95.9 Å². The van der Waals surface area contributed by atoms with E-state index < -0.39 is 0 Å². The average molecular weight is 224 g/mol. The summed E-state index contributed by atoms with van der Waals surface area (Å²) in [6.45, 7) is 3.22. The zero-order chi connectivity index (χ0) is 11.1. The number of amides is 1. The molecule has 3 fully saturated rings. The molecule has 1 amide bonds. The molecule has 2 heterocycles. The second-order valence-corrected chi connectivity index (χ2v) is 5.32. The Bertz CT molecular complexity index is 284. The number of carbonyl (C=O) groups excluding carboxylic acids is 1. The molecule has 5 nitrogen and oxygen atoms in total. The summed E-state index contributed by atoms with van der Waals surface area (Å²) in [5, 5.41) is 4.49.